The minimum Gasteiger partial charge on any atom is -0.396 e. The summed E-state index contributed by atoms with van der Waals surface area (Å²) in [6, 6.07) is 0. The Hall–Kier alpha value is -0.0400. The lowest BCUT2D eigenvalue weighted by Crippen LogP contribution is -2.26. The summed E-state index contributed by atoms with van der Waals surface area (Å²) in [6.45, 7) is 2.76. The lowest BCUT2D eigenvalue weighted by Gasteiger charge is -2.32. The molecule has 1 heteroatoms. The van der Waals surface area contributed by atoms with Gasteiger partial charge in [-0.15, -0.1) is 0 Å². The number of aliphatic hydroxyl groups excluding tert-OH is 1. The summed E-state index contributed by atoms with van der Waals surface area (Å²) in [5.74, 6) is 3.47. The normalized spacial score (nSPS) is 44.8. The second-order valence-corrected chi connectivity index (χ2v) is 5.04. The van der Waals surface area contributed by atoms with Crippen LogP contribution in [-0.4, -0.2) is 11.7 Å². The van der Waals surface area contributed by atoms with Crippen LogP contribution in [0.15, 0.2) is 0 Å². The fraction of sp³-hybridized carbons (Fsp3) is 1.00. The first-order valence-corrected chi connectivity index (χ1v) is 5.96. The number of hydrogen-bond donors (Lipinski definition) is 1. The zero-order chi connectivity index (χ0) is 9.26. The third-order valence-electron chi connectivity index (χ3n) is 4.41. The van der Waals surface area contributed by atoms with Crippen molar-refractivity contribution < 1.29 is 5.11 Å². The Morgan fingerprint density at radius 3 is 2.77 bits per heavy atom. The van der Waals surface area contributed by atoms with Crippen LogP contribution in [0, 0.1) is 23.7 Å². The molecular weight excluding hydrogens is 160 g/mol. The molecule has 2 fully saturated rings. The average Bonchev–Trinajstić information content (AvgIpc) is 2.59. The monoisotopic (exact) mass is 182 g/mol. The van der Waals surface area contributed by atoms with Gasteiger partial charge in [-0.1, -0.05) is 26.2 Å². The van der Waals surface area contributed by atoms with Crippen molar-refractivity contribution in [1.29, 1.82) is 0 Å². The Morgan fingerprint density at radius 1 is 1.23 bits per heavy atom. The maximum Gasteiger partial charge on any atom is 0.0462 e. The molecule has 0 aromatic carbocycles. The molecular formula is C12H22O. The second kappa shape index (κ2) is 4.00. The molecule has 0 aromatic heterocycles. The van der Waals surface area contributed by atoms with Crippen molar-refractivity contribution in [2.45, 2.75) is 45.4 Å². The maximum absolute atomic E-state index is 9.30. The Bertz CT molecular complexity index is 167. The van der Waals surface area contributed by atoms with E-state index in [1.165, 1.54) is 38.5 Å². The van der Waals surface area contributed by atoms with Crippen LogP contribution in [0.4, 0.5) is 0 Å². The summed E-state index contributed by atoms with van der Waals surface area (Å²) in [5, 5.41) is 9.30. The maximum atomic E-state index is 9.30. The molecule has 0 radical (unpaired) electrons. The summed E-state index contributed by atoms with van der Waals surface area (Å²) in [7, 11) is 0. The first-order chi connectivity index (χ1) is 6.35. The number of fused-ring (bicyclic) bond motifs is 1. The molecule has 0 amide bonds. The van der Waals surface area contributed by atoms with Crippen molar-refractivity contribution in [2.24, 2.45) is 23.7 Å². The van der Waals surface area contributed by atoms with Gasteiger partial charge >= 0.3 is 0 Å². The van der Waals surface area contributed by atoms with Crippen molar-refractivity contribution in [3.05, 3.63) is 0 Å². The van der Waals surface area contributed by atoms with Crippen LogP contribution in [0.5, 0.6) is 0 Å². The molecule has 0 heterocycles. The number of aliphatic hydroxyl groups is 1. The SMILES string of the molecule is CCC1CC2CCCC(CO)C2C1. The quantitative estimate of drug-likeness (QED) is 0.696. The predicted molar refractivity (Wildman–Crippen MR) is 54.4 cm³/mol. The second-order valence-electron chi connectivity index (χ2n) is 5.04. The molecule has 2 rings (SSSR count). The van der Waals surface area contributed by atoms with Crippen LogP contribution < -0.4 is 0 Å². The van der Waals surface area contributed by atoms with E-state index in [2.05, 4.69) is 6.92 Å². The van der Waals surface area contributed by atoms with Crippen molar-refractivity contribution in [2.75, 3.05) is 6.61 Å². The van der Waals surface area contributed by atoms with Gasteiger partial charge in [-0.05, 0) is 42.9 Å². The molecule has 13 heavy (non-hydrogen) atoms. The van der Waals surface area contributed by atoms with Gasteiger partial charge in [-0.25, -0.2) is 0 Å². The molecule has 1 nitrogen and oxygen atoms in total. The van der Waals surface area contributed by atoms with Gasteiger partial charge in [0, 0.05) is 6.61 Å². The van der Waals surface area contributed by atoms with Crippen LogP contribution >= 0.6 is 0 Å². The third-order valence-corrected chi connectivity index (χ3v) is 4.41. The van der Waals surface area contributed by atoms with Crippen molar-refractivity contribution >= 4 is 0 Å². The molecule has 0 bridgehead atoms. The largest absolute Gasteiger partial charge is 0.396 e. The molecule has 4 atom stereocenters. The summed E-state index contributed by atoms with van der Waals surface area (Å²) in [4.78, 5) is 0. The third kappa shape index (κ3) is 1.76. The molecule has 2 aliphatic rings. The zero-order valence-electron chi connectivity index (χ0n) is 8.71. The molecule has 2 aliphatic carbocycles. The van der Waals surface area contributed by atoms with E-state index >= 15 is 0 Å². The lowest BCUT2D eigenvalue weighted by molar-refractivity contribution is 0.107. The van der Waals surface area contributed by atoms with Crippen LogP contribution in [0.25, 0.3) is 0 Å². The van der Waals surface area contributed by atoms with Crippen molar-refractivity contribution in [3.8, 4) is 0 Å². The summed E-state index contributed by atoms with van der Waals surface area (Å²) in [5.41, 5.74) is 0. The van der Waals surface area contributed by atoms with Gasteiger partial charge in [0.25, 0.3) is 0 Å². The lowest BCUT2D eigenvalue weighted by atomic mass is 9.74. The van der Waals surface area contributed by atoms with E-state index in [4.69, 9.17) is 0 Å². The number of hydrogen-bond acceptors (Lipinski definition) is 1. The highest BCUT2D eigenvalue weighted by Gasteiger charge is 2.39. The fourth-order valence-electron chi connectivity index (χ4n) is 3.60. The van der Waals surface area contributed by atoms with E-state index < -0.39 is 0 Å². The molecule has 0 spiro atoms. The fourth-order valence-corrected chi connectivity index (χ4v) is 3.60. The summed E-state index contributed by atoms with van der Waals surface area (Å²) < 4.78 is 0. The van der Waals surface area contributed by atoms with Gasteiger partial charge < -0.3 is 5.11 Å². The van der Waals surface area contributed by atoms with E-state index in [0.29, 0.717) is 12.5 Å². The van der Waals surface area contributed by atoms with Gasteiger partial charge in [0.15, 0.2) is 0 Å². The topological polar surface area (TPSA) is 20.2 Å². The minimum absolute atomic E-state index is 0.442. The van der Waals surface area contributed by atoms with E-state index in [1.807, 2.05) is 0 Å². The van der Waals surface area contributed by atoms with Crippen molar-refractivity contribution in [3.63, 3.8) is 0 Å². The average molecular weight is 182 g/mol. The Morgan fingerprint density at radius 2 is 2.08 bits per heavy atom. The molecule has 76 valence electrons. The molecule has 4 unspecified atom stereocenters. The molecule has 2 saturated carbocycles. The standard InChI is InChI=1S/C12H22O/c1-2-9-6-10-4-3-5-11(8-13)12(10)7-9/h9-13H,2-8H2,1H3. The minimum atomic E-state index is 0.442. The Labute approximate surface area is 81.5 Å². The molecule has 0 aliphatic heterocycles. The summed E-state index contributed by atoms with van der Waals surface area (Å²) >= 11 is 0. The van der Waals surface area contributed by atoms with E-state index in [9.17, 15) is 5.11 Å². The van der Waals surface area contributed by atoms with Crippen molar-refractivity contribution in [1.82, 2.24) is 0 Å². The Balaban J connectivity index is 1.99. The van der Waals surface area contributed by atoms with E-state index in [-0.39, 0.29) is 0 Å². The molecule has 0 saturated heterocycles. The summed E-state index contributed by atoms with van der Waals surface area (Å²) in [6.07, 6.45) is 8.31. The van der Waals surface area contributed by atoms with Crippen LogP contribution in [0.1, 0.15) is 45.4 Å². The molecule has 1 N–H and O–H groups in total. The van der Waals surface area contributed by atoms with Gasteiger partial charge in [-0.3, -0.25) is 0 Å². The van der Waals surface area contributed by atoms with Gasteiger partial charge in [0.2, 0.25) is 0 Å². The highest BCUT2D eigenvalue weighted by Crippen LogP contribution is 2.48. The predicted octanol–water partition coefficient (Wildman–Crippen LogP) is 2.83. The zero-order valence-corrected chi connectivity index (χ0v) is 8.71. The number of rotatable bonds is 2. The molecule has 0 aromatic rings. The Kier molecular flexibility index (Phi) is 2.92. The van der Waals surface area contributed by atoms with E-state index in [0.717, 1.165) is 17.8 Å². The van der Waals surface area contributed by atoms with Gasteiger partial charge in [0.1, 0.15) is 0 Å². The van der Waals surface area contributed by atoms with Crippen LogP contribution in [-0.2, 0) is 0 Å². The first kappa shape index (κ1) is 9.51. The van der Waals surface area contributed by atoms with Crippen LogP contribution in [0.2, 0.25) is 0 Å². The highest BCUT2D eigenvalue weighted by molar-refractivity contribution is 4.89. The highest BCUT2D eigenvalue weighted by atomic mass is 16.3. The smallest absolute Gasteiger partial charge is 0.0462 e. The van der Waals surface area contributed by atoms with Gasteiger partial charge in [0.05, 0.1) is 0 Å². The van der Waals surface area contributed by atoms with Gasteiger partial charge in [-0.2, -0.15) is 0 Å². The van der Waals surface area contributed by atoms with Crippen LogP contribution in [0.3, 0.4) is 0 Å². The van der Waals surface area contributed by atoms with E-state index in [1.54, 1.807) is 0 Å². The first-order valence-electron chi connectivity index (χ1n) is 5.96.